The maximum absolute atomic E-state index is 14.0. The van der Waals surface area contributed by atoms with Crippen LogP contribution in [0.1, 0.15) is 39.0 Å². The van der Waals surface area contributed by atoms with Crippen molar-refractivity contribution >= 4 is 45.6 Å². The third-order valence-electron chi connectivity index (χ3n) is 8.43. The summed E-state index contributed by atoms with van der Waals surface area (Å²) >= 11 is 0. The third-order valence-corrected chi connectivity index (χ3v) is 8.43. The largest absolute Gasteiger partial charge is 0.506 e. The van der Waals surface area contributed by atoms with Crippen LogP contribution in [-0.4, -0.2) is 34.0 Å². The van der Waals surface area contributed by atoms with Crippen LogP contribution in [0.15, 0.2) is 60.7 Å². The van der Waals surface area contributed by atoms with Crippen molar-refractivity contribution in [3.63, 3.8) is 0 Å². The summed E-state index contributed by atoms with van der Waals surface area (Å²) in [6.45, 7) is 9.40. The maximum Gasteiger partial charge on any atom is 0.240 e. The minimum absolute atomic E-state index is 0.0000755. The van der Waals surface area contributed by atoms with Crippen molar-refractivity contribution in [1.29, 1.82) is 0 Å². The molecule has 4 atom stereocenters. The summed E-state index contributed by atoms with van der Waals surface area (Å²) in [5.74, 6) is -1.97. The number of phenols is 1. The van der Waals surface area contributed by atoms with Gasteiger partial charge in [0.25, 0.3) is 0 Å². The topological polar surface area (TPSA) is 100 Å². The summed E-state index contributed by atoms with van der Waals surface area (Å²) in [6, 6.07) is 17.2. The molecule has 3 saturated heterocycles. The van der Waals surface area contributed by atoms with Gasteiger partial charge in [-0.2, -0.15) is 0 Å². The number of anilines is 2. The molecule has 3 aliphatic heterocycles. The molecule has 3 aromatic carbocycles. The Morgan fingerprint density at radius 2 is 1.76 bits per heavy atom. The molecule has 38 heavy (non-hydrogen) atoms. The molecule has 3 fully saturated rings. The lowest BCUT2D eigenvalue weighted by molar-refractivity contribution is -0.130. The van der Waals surface area contributed by atoms with Crippen LogP contribution in [0.3, 0.4) is 0 Å². The molecular weight excluding hydrogens is 482 g/mol. The van der Waals surface area contributed by atoms with Gasteiger partial charge >= 0.3 is 0 Å². The second-order valence-corrected chi connectivity index (χ2v) is 10.6. The van der Waals surface area contributed by atoms with Crippen molar-refractivity contribution in [3.8, 4) is 5.75 Å². The Balaban J connectivity index is 1.25. The molecule has 0 saturated carbocycles. The average molecular weight is 510 g/mol. The molecule has 192 valence electrons. The molecule has 6 rings (SSSR count). The van der Waals surface area contributed by atoms with Crippen molar-refractivity contribution in [1.82, 2.24) is 0 Å². The molecule has 0 aliphatic carbocycles. The smallest absolute Gasteiger partial charge is 0.240 e. The average Bonchev–Trinajstić information content (AvgIpc) is 3.49. The number of amides is 3. The lowest BCUT2D eigenvalue weighted by Gasteiger charge is -2.31. The van der Waals surface area contributed by atoms with Crippen LogP contribution in [0.2, 0.25) is 0 Å². The number of phenolic OH excluding ortho intramolecular Hbond substituents is 1. The van der Waals surface area contributed by atoms with Gasteiger partial charge < -0.3 is 15.2 Å². The summed E-state index contributed by atoms with van der Waals surface area (Å²) in [5.41, 5.74) is -0.223. The van der Waals surface area contributed by atoms with E-state index in [1.165, 1.54) is 11.0 Å². The van der Waals surface area contributed by atoms with E-state index in [4.69, 9.17) is 11.3 Å². The highest BCUT2D eigenvalue weighted by Crippen LogP contribution is 2.63. The Labute approximate surface area is 220 Å². The molecular formula is C30H27N3O5. The van der Waals surface area contributed by atoms with E-state index >= 15 is 0 Å². The first-order valence-corrected chi connectivity index (χ1v) is 12.8. The number of para-hydroxylation sites is 2. The predicted octanol–water partition coefficient (Wildman–Crippen LogP) is 5.33. The number of hydrogen-bond donors (Lipinski definition) is 2. The van der Waals surface area contributed by atoms with Crippen LogP contribution in [0.4, 0.5) is 17.1 Å². The van der Waals surface area contributed by atoms with Gasteiger partial charge in [-0.25, -0.2) is 9.74 Å². The van der Waals surface area contributed by atoms with Gasteiger partial charge in [0.2, 0.25) is 17.7 Å². The number of benzene rings is 3. The number of nitrogens with one attached hydrogen (secondary N) is 1. The van der Waals surface area contributed by atoms with Crippen LogP contribution in [0, 0.1) is 18.4 Å². The van der Waals surface area contributed by atoms with Crippen LogP contribution < -0.4 is 10.2 Å². The van der Waals surface area contributed by atoms with E-state index in [1.807, 2.05) is 31.2 Å². The summed E-state index contributed by atoms with van der Waals surface area (Å²) in [4.78, 5) is 45.2. The Morgan fingerprint density at radius 3 is 2.53 bits per heavy atom. The number of carbonyl (C=O) groups excluding carboxylic acids is 3. The second-order valence-electron chi connectivity index (χ2n) is 10.6. The molecule has 8 heteroatoms. The fraction of sp³-hybridized carbons (Fsp3) is 0.333. The molecule has 0 aromatic heterocycles. The third kappa shape index (κ3) is 3.50. The zero-order valence-electron chi connectivity index (χ0n) is 20.9. The van der Waals surface area contributed by atoms with Crippen molar-refractivity contribution in [2.75, 3.05) is 10.2 Å². The van der Waals surface area contributed by atoms with E-state index in [2.05, 4.69) is 10.2 Å². The van der Waals surface area contributed by atoms with Gasteiger partial charge in [-0.05, 0) is 61.6 Å². The number of hydrogen-bond acceptors (Lipinski definition) is 5. The molecule has 2 unspecified atom stereocenters. The molecule has 3 heterocycles. The van der Waals surface area contributed by atoms with Gasteiger partial charge in [-0.15, -0.1) is 0 Å². The van der Waals surface area contributed by atoms with Gasteiger partial charge in [0.15, 0.2) is 5.69 Å². The molecule has 0 spiro atoms. The van der Waals surface area contributed by atoms with Crippen LogP contribution in [0.5, 0.6) is 5.75 Å². The molecule has 3 aliphatic rings. The van der Waals surface area contributed by atoms with Crippen LogP contribution in [0.25, 0.3) is 15.6 Å². The quantitative estimate of drug-likeness (QED) is 0.266. The van der Waals surface area contributed by atoms with Gasteiger partial charge in [0.05, 0.1) is 41.0 Å². The second kappa shape index (κ2) is 8.67. The fourth-order valence-electron chi connectivity index (χ4n) is 6.75. The normalized spacial score (nSPS) is 27.5. The van der Waals surface area contributed by atoms with Gasteiger partial charge in [-0.3, -0.25) is 14.4 Å². The van der Waals surface area contributed by atoms with E-state index in [-0.39, 0.29) is 29.9 Å². The summed E-state index contributed by atoms with van der Waals surface area (Å²) < 4.78 is 6.50. The Kier molecular flexibility index (Phi) is 5.51. The first-order chi connectivity index (χ1) is 18.3. The first kappa shape index (κ1) is 24.1. The fourth-order valence-corrected chi connectivity index (χ4v) is 6.75. The monoisotopic (exact) mass is 509 g/mol. The van der Waals surface area contributed by atoms with E-state index in [0.29, 0.717) is 53.5 Å². The van der Waals surface area contributed by atoms with Crippen molar-refractivity contribution in [2.24, 2.45) is 11.8 Å². The first-order valence-electron chi connectivity index (χ1n) is 12.8. The highest BCUT2D eigenvalue weighted by Gasteiger charge is 2.73. The van der Waals surface area contributed by atoms with Crippen LogP contribution >= 0.6 is 0 Å². The Hall–Kier alpha value is -4.22. The highest BCUT2D eigenvalue weighted by molar-refractivity contribution is 6.26. The minimum atomic E-state index is -0.803. The van der Waals surface area contributed by atoms with Crippen molar-refractivity contribution < 1.29 is 24.2 Å². The Bertz CT molecular complexity index is 1540. The minimum Gasteiger partial charge on any atom is -0.506 e. The number of rotatable bonds is 6. The predicted molar refractivity (Wildman–Crippen MR) is 142 cm³/mol. The molecule has 3 amide bonds. The lowest BCUT2D eigenvalue weighted by Crippen LogP contribution is -2.42. The molecule has 8 nitrogen and oxygen atoms in total. The molecule has 2 N–H and O–H groups in total. The van der Waals surface area contributed by atoms with Gasteiger partial charge in [-0.1, -0.05) is 42.5 Å². The summed E-state index contributed by atoms with van der Waals surface area (Å²) in [6.07, 6.45) is 2.46. The lowest BCUT2D eigenvalue weighted by atomic mass is 9.67. The molecule has 3 aromatic rings. The number of imide groups is 1. The SMILES string of the molecule is [C-]#[N+]c1ccc(N2C(=O)[C@@H]3[C@H](C2=O)C2(C)CCC3(CCCC(=O)Nc3ccccc3O)O2)c2ccccc12. The van der Waals surface area contributed by atoms with E-state index in [9.17, 15) is 19.5 Å². The zero-order chi connectivity index (χ0) is 26.7. The Morgan fingerprint density at radius 1 is 1.05 bits per heavy atom. The number of fused-ring (bicyclic) bond motifs is 6. The van der Waals surface area contributed by atoms with E-state index < -0.39 is 23.0 Å². The standard InChI is InChI=1S/C30H27N3O5/c1-29-16-17-30(38-29,15-7-12-24(35)32-21-10-5-6-11-23(21)34)26-25(29)27(36)33(28(26)37)22-14-13-20(31-2)18-8-3-4-9-19(18)22/h3-6,8-11,13-14,25-26,34H,7,12,15-17H2,1H3,(H,32,35)/t25-,26+,29?,30?/m1/s1. The van der Waals surface area contributed by atoms with Crippen LogP contribution in [-0.2, 0) is 19.1 Å². The number of nitrogens with zero attached hydrogens (tertiary/aromatic N) is 2. The summed E-state index contributed by atoms with van der Waals surface area (Å²) in [7, 11) is 0. The van der Waals surface area contributed by atoms with Gasteiger partial charge in [0, 0.05) is 6.42 Å². The number of aromatic hydroxyl groups is 1. The maximum atomic E-state index is 14.0. The van der Waals surface area contributed by atoms with Crippen molar-refractivity contribution in [2.45, 2.75) is 50.2 Å². The zero-order valence-corrected chi connectivity index (χ0v) is 20.9. The van der Waals surface area contributed by atoms with Gasteiger partial charge in [0.1, 0.15) is 5.75 Å². The highest BCUT2D eigenvalue weighted by atomic mass is 16.5. The summed E-state index contributed by atoms with van der Waals surface area (Å²) in [5, 5.41) is 14.0. The molecule has 2 bridgehead atoms. The molecule has 0 radical (unpaired) electrons. The van der Waals surface area contributed by atoms with E-state index in [1.54, 1.807) is 30.3 Å². The number of carbonyl (C=O) groups is 3. The number of ether oxygens (including phenoxy) is 1. The van der Waals surface area contributed by atoms with E-state index in [0.717, 1.165) is 0 Å². The van der Waals surface area contributed by atoms with Crippen molar-refractivity contribution in [3.05, 3.63) is 72.1 Å².